The van der Waals surface area contributed by atoms with Gasteiger partial charge in [-0.3, -0.25) is 4.79 Å². The second-order valence-corrected chi connectivity index (χ2v) is 5.21. The highest BCUT2D eigenvalue weighted by Crippen LogP contribution is 2.20. The lowest BCUT2D eigenvalue weighted by molar-refractivity contribution is 0.101. The monoisotopic (exact) mass is 330 g/mol. The van der Waals surface area contributed by atoms with Crippen LogP contribution in [0.5, 0.6) is 0 Å². The van der Waals surface area contributed by atoms with Crippen LogP contribution < -0.4 is 10.6 Å². The molecule has 0 fully saturated rings. The van der Waals surface area contributed by atoms with Crippen molar-refractivity contribution in [1.82, 2.24) is 15.2 Å². The van der Waals surface area contributed by atoms with E-state index in [1.54, 1.807) is 42.5 Å². The van der Waals surface area contributed by atoms with Gasteiger partial charge in [-0.25, -0.2) is 0 Å². The van der Waals surface area contributed by atoms with E-state index >= 15 is 0 Å². The van der Waals surface area contributed by atoms with Gasteiger partial charge in [0.25, 0.3) is 0 Å². The number of hydrogen-bond donors (Lipinski definition) is 2. The molecule has 0 saturated heterocycles. The molecule has 0 spiro atoms. The van der Waals surface area contributed by atoms with E-state index in [1.807, 2.05) is 6.07 Å². The highest BCUT2D eigenvalue weighted by Gasteiger charge is 2.05. The summed E-state index contributed by atoms with van der Waals surface area (Å²) in [7, 11) is 0. The van der Waals surface area contributed by atoms with Crippen molar-refractivity contribution >= 4 is 28.9 Å². The Morgan fingerprint density at radius 3 is 2.56 bits per heavy atom. The second kappa shape index (κ2) is 7.19. The lowest BCUT2D eigenvalue weighted by Gasteiger charge is -2.09. The predicted molar refractivity (Wildman–Crippen MR) is 94.0 cm³/mol. The molecule has 0 amide bonds. The Kier molecular flexibility index (Phi) is 4.62. The summed E-state index contributed by atoms with van der Waals surface area (Å²) >= 11 is 0. The number of anilines is 4. The molecule has 1 aromatic heterocycles. The molecule has 0 bridgehead atoms. The van der Waals surface area contributed by atoms with Crippen molar-refractivity contribution in [2.45, 2.75) is 6.92 Å². The van der Waals surface area contributed by atoms with Crippen LogP contribution in [0.1, 0.15) is 22.8 Å². The number of nitriles is 1. The zero-order valence-corrected chi connectivity index (χ0v) is 13.4. The average Bonchev–Trinajstić information content (AvgIpc) is 2.63. The molecular weight excluding hydrogens is 316 g/mol. The molecule has 3 rings (SSSR count). The number of Topliss-reactive ketones (excluding diaryl/α,β-unsaturated/α-hetero) is 1. The number of para-hydroxylation sites is 1. The molecule has 0 saturated carbocycles. The molecule has 2 aromatic carbocycles. The van der Waals surface area contributed by atoms with Crippen molar-refractivity contribution in [3.05, 3.63) is 65.9 Å². The van der Waals surface area contributed by atoms with Crippen LogP contribution in [-0.2, 0) is 0 Å². The molecule has 1 heterocycles. The summed E-state index contributed by atoms with van der Waals surface area (Å²) in [6, 6.07) is 16.2. The SMILES string of the molecule is CC(=O)c1ccc(Nc2nncc(Nc3ccccc3C#N)n2)cc1. The van der Waals surface area contributed by atoms with Crippen molar-refractivity contribution in [2.24, 2.45) is 0 Å². The van der Waals surface area contributed by atoms with Crippen LogP contribution in [0.15, 0.2) is 54.7 Å². The first-order chi connectivity index (χ1) is 12.2. The summed E-state index contributed by atoms with van der Waals surface area (Å²) in [5, 5.41) is 23.0. The topological polar surface area (TPSA) is 104 Å². The maximum Gasteiger partial charge on any atom is 0.249 e. The fourth-order valence-electron chi connectivity index (χ4n) is 2.16. The van der Waals surface area contributed by atoms with Gasteiger partial charge in [-0.2, -0.15) is 15.3 Å². The normalized spacial score (nSPS) is 9.92. The summed E-state index contributed by atoms with van der Waals surface area (Å²) < 4.78 is 0. The Morgan fingerprint density at radius 2 is 1.84 bits per heavy atom. The lowest BCUT2D eigenvalue weighted by atomic mass is 10.1. The Bertz CT molecular complexity index is 946. The van der Waals surface area contributed by atoms with Gasteiger partial charge in [0, 0.05) is 11.3 Å². The molecule has 2 N–H and O–H groups in total. The molecule has 0 atom stereocenters. The summed E-state index contributed by atoms with van der Waals surface area (Å²) in [5.74, 6) is 0.766. The van der Waals surface area contributed by atoms with Crippen LogP contribution in [0, 0.1) is 11.3 Å². The van der Waals surface area contributed by atoms with Crippen molar-refractivity contribution in [3.8, 4) is 6.07 Å². The van der Waals surface area contributed by atoms with Gasteiger partial charge in [0.05, 0.1) is 17.4 Å². The van der Waals surface area contributed by atoms with Crippen molar-refractivity contribution in [3.63, 3.8) is 0 Å². The van der Waals surface area contributed by atoms with Gasteiger partial charge in [0.15, 0.2) is 11.6 Å². The number of carbonyl (C=O) groups excluding carboxylic acids is 1. The number of hydrogen-bond acceptors (Lipinski definition) is 7. The van der Waals surface area contributed by atoms with Crippen LogP contribution in [0.25, 0.3) is 0 Å². The number of benzene rings is 2. The fourth-order valence-corrected chi connectivity index (χ4v) is 2.16. The summed E-state index contributed by atoms with van der Waals surface area (Å²) in [6.07, 6.45) is 1.47. The second-order valence-electron chi connectivity index (χ2n) is 5.21. The number of ketones is 1. The zero-order chi connectivity index (χ0) is 17.6. The highest BCUT2D eigenvalue weighted by atomic mass is 16.1. The van der Waals surface area contributed by atoms with Gasteiger partial charge >= 0.3 is 0 Å². The molecule has 0 radical (unpaired) electrons. The maximum atomic E-state index is 11.3. The van der Waals surface area contributed by atoms with Crippen LogP contribution in [-0.4, -0.2) is 21.0 Å². The number of carbonyl (C=O) groups is 1. The van der Waals surface area contributed by atoms with Crippen molar-refractivity contribution in [1.29, 1.82) is 5.26 Å². The molecule has 0 aliphatic rings. The van der Waals surface area contributed by atoms with Crippen LogP contribution in [0.4, 0.5) is 23.1 Å². The van der Waals surface area contributed by atoms with E-state index in [9.17, 15) is 4.79 Å². The Morgan fingerprint density at radius 1 is 1.08 bits per heavy atom. The van der Waals surface area contributed by atoms with E-state index in [-0.39, 0.29) is 5.78 Å². The van der Waals surface area contributed by atoms with Gasteiger partial charge in [-0.1, -0.05) is 12.1 Å². The van der Waals surface area contributed by atoms with E-state index in [0.29, 0.717) is 28.6 Å². The smallest absolute Gasteiger partial charge is 0.249 e. The molecule has 0 aliphatic carbocycles. The molecule has 0 aliphatic heterocycles. The maximum absolute atomic E-state index is 11.3. The standard InChI is InChI=1S/C18H14N6O/c1-12(25)13-6-8-15(9-7-13)21-18-23-17(11-20-24-18)22-16-5-3-2-4-14(16)10-19/h2-9,11H,1H3,(H2,21,22,23,24). The van der Waals surface area contributed by atoms with Gasteiger partial charge in [0.1, 0.15) is 6.07 Å². The minimum absolute atomic E-state index is 0.00632. The minimum Gasteiger partial charge on any atom is -0.338 e. The van der Waals surface area contributed by atoms with Gasteiger partial charge in [-0.15, -0.1) is 5.10 Å². The van der Waals surface area contributed by atoms with E-state index in [1.165, 1.54) is 13.1 Å². The zero-order valence-electron chi connectivity index (χ0n) is 13.4. The molecular formula is C18H14N6O. The lowest BCUT2D eigenvalue weighted by Crippen LogP contribution is -2.03. The van der Waals surface area contributed by atoms with Crippen LogP contribution >= 0.6 is 0 Å². The van der Waals surface area contributed by atoms with Crippen LogP contribution in [0.2, 0.25) is 0 Å². The predicted octanol–water partition coefficient (Wildman–Crippen LogP) is 3.43. The molecule has 3 aromatic rings. The number of nitrogens with zero attached hydrogens (tertiary/aromatic N) is 4. The third-order valence-corrected chi connectivity index (χ3v) is 3.42. The first kappa shape index (κ1) is 16.1. The number of rotatable bonds is 5. The summed E-state index contributed by atoms with van der Waals surface area (Å²) in [5.41, 5.74) is 2.52. The van der Waals surface area contributed by atoms with E-state index in [0.717, 1.165) is 5.69 Å². The summed E-state index contributed by atoms with van der Waals surface area (Å²) in [4.78, 5) is 15.6. The highest BCUT2D eigenvalue weighted by molar-refractivity contribution is 5.94. The van der Waals surface area contributed by atoms with Gasteiger partial charge < -0.3 is 10.6 Å². The first-order valence-corrected chi connectivity index (χ1v) is 7.49. The molecule has 0 unspecified atom stereocenters. The number of aromatic nitrogens is 3. The van der Waals surface area contributed by atoms with E-state index in [4.69, 9.17) is 5.26 Å². The molecule has 7 heteroatoms. The molecule has 25 heavy (non-hydrogen) atoms. The van der Waals surface area contributed by atoms with E-state index in [2.05, 4.69) is 31.9 Å². The van der Waals surface area contributed by atoms with Crippen molar-refractivity contribution in [2.75, 3.05) is 10.6 Å². The first-order valence-electron chi connectivity index (χ1n) is 7.49. The largest absolute Gasteiger partial charge is 0.338 e. The fraction of sp³-hybridized carbons (Fsp3) is 0.0556. The average molecular weight is 330 g/mol. The number of nitrogens with one attached hydrogen (secondary N) is 2. The van der Waals surface area contributed by atoms with Gasteiger partial charge in [-0.05, 0) is 43.3 Å². The van der Waals surface area contributed by atoms with Crippen molar-refractivity contribution < 1.29 is 4.79 Å². The summed E-state index contributed by atoms with van der Waals surface area (Å²) in [6.45, 7) is 1.52. The van der Waals surface area contributed by atoms with Crippen LogP contribution in [0.3, 0.4) is 0 Å². The van der Waals surface area contributed by atoms with E-state index < -0.39 is 0 Å². The third-order valence-electron chi connectivity index (χ3n) is 3.42. The van der Waals surface area contributed by atoms with Gasteiger partial charge in [0.2, 0.25) is 5.95 Å². The molecule has 122 valence electrons. The Labute approximate surface area is 144 Å². The quantitative estimate of drug-likeness (QED) is 0.691. The Hall–Kier alpha value is -3.79. The Balaban J connectivity index is 1.77. The minimum atomic E-state index is 0.00632. The third kappa shape index (κ3) is 3.95. The molecule has 7 nitrogen and oxygen atoms in total.